The monoisotopic (exact) mass is 407 g/mol. The number of carbonyl (C=O) groups is 1. The van der Waals surface area contributed by atoms with Crippen LogP contribution in [0, 0.1) is 12.0 Å². The van der Waals surface area contributed by atoms with E-state index in [1.54, 1.807) is 11.7 Å². The number of anilines is 1. The molecule has 0 saturated heterocycles. The molecule has 2 aromatic heterocycles. The van der Waals surface area contributed by atoms with Crippen LogP contribution in [0.1, 0.15) is 44.9 Å². The van der Waals surface area contributed by atoms with Crippen LogP contribution >= 0.6 is 0 Å². The lowest BCUT2D eigenvalue weighted by molar-refractivity contribution is -0.0974. The van der Waals surface area contributed by atoms with Crippen molar-refractivity contribution in [3.63, 3.8) is 0 Å². The third-order valence-corrected chi connectivity index (χ3v) is 6.20. The van der Waals surface area contributed by atoms with E-state index in [4.69, 9.17) is 19.9 Å². The normalized spacial score (nSPS) is 24.6. The summed E-state index contributed by atoms with van der Waals surface area (Å²) in [6.45, 7) is 0.515. The Balaban J connectivity index is 1.29. The Bertz CT molecular complexity index is 867. The third kappa shape index (κ3) is 4.26. The lowest BCUT2D eigenvalue weighted by Gasteiger charge is -2.45. The van der Waals surface area contributed by atoms with Crippen LogP contribution in [0.5, 0.6) is 0 Å². The highest BCUT2D eigenvalue weighted by molar-refractivity contribution is 5.81. The molecule has 29 heavy (non-hydrogen) atoms. The number of imidazole rings is 1. The molecule has 2 aromatic rings. The van der Waals surface area contributed by atoms with Gasteiger partial charge in [0.1, 0.15) is 17.7 Å². The molecule has 0 amide bonds. The Hall–Kier alpha value is -2.49. The summed E-state index contributed by atoms with van der Waals surface area (Å²) in [5.41, 5.74) is 6.00. The number of nitrogens with zero attached hydrogens (tertiary/aromatic N) is 4. The van der Waals surface area contributed by atoms with E-state index in [-0.39, 0.29) is 24.1 Å². The highest BCUT2D eigenvalue weighted by Gasteiger charge is 2.43. The minimum absolute atomic E-state index is 0.00302. The molecular formula is C19H26FN5O4. The van der Waals surface area contributed by atoms with E-state index in [1.807, 2.05) is 0 Å². The van der Waals surface area contributed by atoms with Gasteiger partial charge < -0.3 is 24.5 Å². The zero-order chi connectivity index (χ0) is 20.4. The molecule has 3 fully saturated rings. The molecule has 3 aliphatic carbocycles. The van der Waals surface area contributed by atoms with Crippen LogP contribution < -0.4 is 5.73 Å². The minimum Gasteiger partial charge on any atom is -0.432 e. The smallest absolute Gasteiger partial charge is 0.432 e. The van der Waals surface area contributed by atoms with E-state index in [0.717, 1.165) is 44.4 Å². The summed E-state index contributed by atoms with van der Waals surface area (Å²) in [7, 11) is 1.55. The minimum atomic E-state index is -0.901. The van der Waals surface area contributed by atoms with Crippen LogP contribution in [0.15, 0.2) is 6.33 Å². The van der Waals surface area contributed by atoms with Crippen LogP contribution in [0.2, 0.25) is 0 Å². The second-order valence-electron chi connectivity index (χ2n) is 7.96. The number of hydrogen-bond donors (Lipinski definition) is 1. The largest absolute Gasteiger partial charge is 0.508 e. The highest BCUT2D eigenvalue weighted by atomic mass is 19.1. The van der Waals surface area contributed by atoms with Crippen LogP contribution in [0.3, 0.4) is 0 Å². The van der Waals surface area contributed by atoms with Crippen molar-refractivity contribution in [2.45, 2.75) is 63.2 Å². The van der Waals surface area contributed by atoms with Gasteiger partial charge in [0.25, 0.3) is 0 Å². The molecule has 1 unspecified atom stereocenters. The molecular weight excluding hydrogens is 381 g/mol. The average molecular weight is 407 g/mol. The summed E-state index contributed by atoms with van der Waals surface area (Å²) in [6, 6.07) is 0. The lowest BCUT2D eigenvalue weighted by atomic mass is 9.68. The predicted molar refractivity (Wildman–Crippen MR) is 101 cm³/mol. The second kappa shape index (κ2) is 8.10. The fourth-order valence-electron chi connectivity index (χ4n) is 4.38. The SMILES string of the molecule is COC(CCn1cnc2c(N)nc(F)nc21)COC(=O)OC12CCC(CC1)CC2. The van der Waals surface area contributed by atoms with Crippen LogP contribution in [0.25, 0.3) is 11.2 Å². The standard InChI is InChI=1S/C19H26FN5O4/c1-27-13(5-9-25-11-22-14-15(21)23-17(20)24-16(14)25)10-28-18(26)29-19-6-2-12(3-7-19)4-8-19/h11-13H,2-10H2,1H3,(H2,21,23,24). The molecule has 0 aromatic carbocycles. The van der Waals surface area contributed by atoms with Crippen LogP contribution in [-0.4, -0.2) is 51.1 Å². The van der Waals surface area contributed by atoms with Crippen molar-refractivity contribution in [2.24, 2.45) is 5.92 Å². The topological polar surface area (TPSA) is 114 Å². The third-order valence-electron chi connectivity index (χ3n) is 6.20. The van der Waals surface area contributed by atoms with Gasteiger partial charge in [-0.25, -0.2) is 9.78 Å². The molecule has 5 rings (SSSR count). The quantitative estimate of drug-likeness (QED) is 0.550. The number of hydrogen-bond acceptors (Lipinski definition) is 8. The number of halogens is 1. The van der Waals surface area contributed by atoms with Crippen molar-refractivity contribution in [1.29, 1.82) is 0 Å². The van der Waals surface area contributed by atoms with E-state index in [0.29, 0.717) is 24.1 Å². The Morgan fingerprint density at radius 3 is 2.76 bits per heavy atom. The first-order valence-electron chi connectivity index (χ1n) is 10.0. The van der Waals surface area contributed by atoms with E-state index in [1.165, 1.54) is 6.33 Å². The summed E-state index contributed by atoms with van der Waals surface area (Å²) >= 11 is 0. The maximum absolute atomic E-state index is 13.4. The summed E-state index contributed by atoms with van der Waals surface area (Å²) < 4.78 is 31.5. The van der Waals surface area contributed by atoms with E-state index >= 15 is 0 Å². The molecule has 0 aliphatic heterocycles. The van der Waals surface area contributed by atoms with Gasteiger partial charge in [0.05, 0.1) is 12.4 Å². The van der Waals surface area contributed by atoms with Crippen molar-refractivity contribution in [3.05, 3.63) is 12.4 Å². The lowest BCUT2D eigenvalue weighted by Crippen LogP contribution is -2.44. The molecule has 2 N–H and O–H groups in total. The van der Waals surface area contributed by atoms with E-state index in [2.05, 4.69) is 15.0 Å². The number of aryl methyl sites for hydroxylation is 1. The molecule has 3 saturated carbocycles. The number of nitrogens with two attached hydrogens (primary N) is 1. The van der Waals surface area contributed by atoms with E-state index in [9.17, 15) is 9.18 Å². The molecule has 9 nitrogen and oxygen atoms in total. The molecule has 158 valence electrons. The van der Waals surface area contributed by atoms with Gasteiger partial charge in [-0.3, -0.25) is 0 Å². The van der Waals surface area contributed by atoms with Crippen molar-refractivity contribution < 1.29 is 23.4 Å². The summed E-state index contributed by atoms with van der Waals surface area (Å²) in [6.07, 6.45) is 6.31. The zero-order valence-electron chi connectivity index (χ0n) is 16.5. The van der Waals surface area contributed by atoms with Gasteiger partial charge in [0.2, 0.25) is 0 Å². The Morgan fingerprint density at radius 1 is 1.34 bits per heavy atom. The molecule has 10 heteroatoms. The van der Waals surface area contributed by atoms with Gasteiger partial charge in [-0.05, 0) is 50.9 Å². The molecule has 3 aliphatic rings. The van der Waals surface area contributed by atoms with Gasteiger partial charge in [-0.2, -0.15) is 14.4 Å². The Morgan fingerprint density at radius 2 is 2.07 bits per heavy atom. The number of rotatable bonds is 7. The molecule has 1 atom stereocenters. The van der Waals surface area contributed by atoms with Crippen molar-refractivity contribution in [2.75, 3.05) is 19.5 Å². The van der Waals surface area contributed by atoms with Gasteiger partial charge in [-0.1, -0.05) is 0 Å². The molecule has 0 spiro atoms. The number of fused-ring (bicyclic) bond motifs is 4. The fraction of sp³-hybridized carbons (Fsp3) is 0.684. The maximum atomic E-state index is 13.4. The predicted octanol–water partition coefficient (Wildman–Crippen LogP) is 2.83. The number of carbonyl (C=O) groups excluding carboxylic acids is 1. The van der Waals surface area contributed by atoms with Crippen LogP contribution in [0.4, 0.5) is 15.0 Å². The Labute approximate surface area is 167 Å². The number of aromatic nitrogens is 4. The highest BCUT2D eigenvalue weighted by Crippen LogP contribution is 2.46. The van der Waals surface area contributed by atoms with Crippen molar-refractivity contribution in [1.82, 2.24) is 19.5 Å². The van der Waals surface area contributed by atoms with Crippen molar-refractivity contribution in [3.8, 4) is 0 Å². The number of ether oxygens (including phenoxy) is 3. The summed E-state index contributed by atoms with van der Waals surface area (Å²) in [5.74, 6) is 0.791. The van der Waals surface area contributed by atoms with Gasteiger partial charge in [0, 0.05) is 13.7 Å². The van der Waals surface area contributed by atoms with E-state index < -0.39 is 12.2 Å². The number of methoxy groups -OCH3 is 1. The van der Waals surface area contributed by atoms with Crippen LogP contribution in [-0.2, 0) is 20.8 Å². The Kier molecular flexibility index (Phi) is 5.53. The maximum Gasteiger partial charge on any atom is 0.508 e. The van der Waals surface area contributed by atoms with Crippen molar-refractivity contribution >= 4 is 23.1 Å². The average Bonchev–Trinajstić information content (AvgIpc) is 3.12. The van der Waals surface area contributed by atoms with Gasteiger partial charge >= 0.3 is 12.2 Å². The van der Waals surface area contributed by atoms with Gasteiger partial charge in [-0.15, -0.1) is 0 Å². The summed E-state index contributed by atoms with van der Waals surface area (Å²) in [4.78, 5) is 23.6. The zero-order valence-corrected chi connectivity index (χ0v) is 16.5. The molecule has 2 heterocycles. The molecule has 2 bridgehead atoms. The first-order chi connectivity index (χ1) is 14.0. The first-order valence-corrected chi connectivity index (χ1v) is 10.0. The number of nitrogen functional groups attached to an aromatic ring is 1. The molecule has 0 radical (unpaired) electrons. The van der Waals surface area contributed by atoms with Gasteiger partial charge in [0.15, 0.2) is 11.5 Å². The fourth-order valence-corrected chi connectivity index (χ4v) is 4.38. The first kappa shape index (κ1) is 19.8. The summed E-state index contributed by atoms with van der Waals surface area (Å²) in [5, 5.41) is 0. The second-order valence-corrected chi connectivity index (χ2v) is 7.96.